The van der Waals surface area contributed by atoms with Gasteiger partial charge in [-0.05, 0) is 55.0 Å². The fourth-order valence-corrected chi connectivity index (χ4v) is 3.31. The molecule has 2 aromatic rings. The number of benzene rings is 2. The molecule has 2 aromatic carbocycles. The number of methoxy groups -OCH3 is 1. The molecule has 1 amide bonds. The van der Waals surface area contributed by atoms with Crippen LogP contribution in [0.15, 0.2) is 51.8 Å². The van der Waals surface area contributed by atoms with Crippen LogP contribution >= 0.6 is 15.9 Å². The number of hydrogen-bond acceptors (Lipinski definition) is 4. The molecule has 1 N–H and O–H groups in total. The number of sulfonamides is 1. The summed E-state index contributed by atoms with van der Waals surface area (Å²) < 4.78 is 32.3. The number of nitrogens with one attached hydrogen (secondary N) is 1. The lowest BCUT2D eigenvalue weighted by Crippen LogP contribution is -2.31. The van der Waals surface area contributed by atoms with Crippen LogP contribution in [-0.4, -0.2) is 21.4 Å². The largest absolute Gasteiger partial charge is 0.497 e. The van der Waals surface area contributed by atoms with E-state index in [4.69, 9.17) is 4.74 Å². The van der Waals surface area contributed by atoms with Gasteiger partial charge >= 0.3 is 0 Å². The third-order valence-corrected chi connectivity index (χ3v) is 4.87. The van der Waals surface area contributed by atoms with Crippen molar-refractivity contribution in [3.05, 3.63) is 58.1 Å². The summed E-state index contributed by atoms with van der Waals surface area (Å²) in [5.41, 5.74) is 0.983. The van der Waals surface area contributed by atoms with E-state index < -0.39 is 15.9 Å². The Balaban J connectivity index is 2.25. The Morgan fingerprint density at radius 3 is 2.32 bits per heavy atom. The average Bonchev–Trinajstić information content (AvgIpc) is 2.46. The molecule has 5 nitrogen and oxygen atoms in total. The first-order valence-electron chi connectivity index (χ1n) is 6.31. The SMILES string of the molecule is COc1ccc(S(=O)(=O)NC(=O)c2ccc(Br)cc2C)cc1. The second-order valence-corrected chi connectivity index (χ2v) is 7.17. The Morgan fingerprint density at radius 2 is 1.77 bits per heavy atom. The van der Waals surface area contributed by atoms with Gasteiger partial charge in [0.2, 0.25) is 0 Å². The Hall–Kier alpha value is -1.86. The summed E-state index contributed by atoms with van der Waals surface area (Å²) in [5.74, 6) is -0.130. The van der Waals surface area contributed by atoms with Gasteiger partial charge in [0.05, 0.1) is 12.0 Å². The number of hydrogen-bond donors (Lipinski definition) is 1. The summed E-state index contributed by atoms with van der Waals surface area (Å²) in [5, 5.41) is 0. The van der Waals surface area contributed by atoms with Crippen LogP contribution in [-0.2, 0) is 10.0 Å². The highest BCUT2D eigenvalue weighted by Crippen LogP contribution is 2.18. The van der Waals surface area contributed by atoms with E-state index in [-0.39, 0.29) is 4.90 Å². The fraction of sp³-hybridized carbons (Fsp3) is 0.133. The van der Waals surface area contributed by atoms with E-state index >= 15 is 0 Å². The molecule has 0 fully saturated rings. The Bertz CT molecular complexity index is 801. The summed E-state index contributed by atoms with van der Waals surface area (Å²) >= 11 is 3.30. The molecule has 0 atom stereocenters. The Kier molecular flexibility index (Phi) is 4.87. The van der Waals surface area contributed by atoms with Crippen molar-refractivity contribution in [1.29, 1.82) is 0 Å². The van der Waals surface area contributed by atoms with Gasteiger partial charge in [-0.15, -0.1) is 0 Å². The van der Waals surface area contributed by atoms with Gasteiger partial charge in [0.25, 0.3) is 15.9 Å². The normalized spacial score (nSPS) is 11.0. The van der Waals surface area contributed by atoms with Gasteiger partial charge in [0.1, 0.15) is 5.75 Å². The molecule has 2 rings (SSSR count). The molecule has 116 valence electrons. The van der Waals surface area contributed by atoms with E-state index in [1.54, 1.807) is 25.1 Å². The monoisotopic (exact) mass is 383 g/mol. The molecular formula is C15H14BrNO4S. The number of carbonyl (C=O) groups is 1. The highest BCUT2D eigenvalue weighted by atomic mass is 79.9. The van der Waals surface area contributed by atoms with Gasteiger partial charge < -0.3 is 4.74 Å². The van der Waals surface area contributed by atoms with E-state index in [1.165, 1.54) is 31.4 Å². The van der Waals surface area contributed by atoms with Crippen LogP contribution in [0.1, 0.15) is 15.9 Å². The third kappa shape index (κ3) is 3.66. The van der Waals surface area contributed by atoms with E-state index in [0.29, 0.717) is 16.9 Å². The number of amides is 1. The molecule has 0 saturated heterocycles. The first kappa shape index (κ1) is 16.5. The molecule has 0 aliphatic carbocycles. The topological polar surface area (TPSA) is 72.5 Å². The number of aryl methyl sites for hydroxylation is 1. The van der Waals surface area contributed by atoms with Crippen molar-refractivity contribution in [2.75, 3.05) is 7.11 Å². The van der Waals surface area contributed by atoms with Crippen LogP contribution in [0.2, 0.25) is 0 Å². The van der Waals surface area contributed by atoms with Gasteiger partial charge in [-0.1, -0.05) is 15.9 Å². The molecule has 0 radical (unpaired) electrons. The number of carbonyl (C=O) groups excluding carboxylic acids is 1. The first-order chi connectivity index (χ1) is 10.3. The van der Waals surface area contributed by atoms with Crippen LogP contribution in [0.25, 0.3) is 0 Å². The van der Waals surface area contributed by atoms with E-state index in [9.17, 15) is 13.2 Å². The van der Waals surface area contributed by atoms with E-state index in [2.05, 4.69) is 20.7 Å². The molecule has 0 unspecified atom stereocenters. The summed E-state index contributed by atoms with van der Waals surface area (Å²) in [6, 6.07) is 10.8. The van der Waals surface area contributed by atoms with Crippen molar-refractivity contribution in [2.45, 2.75) is 11.8 Å². The van der Waals surface area contributed by atoms with Crippen LogP contribution in [0.3, 0.4) is 0 Å². The molecule has 0 heterocycles. The summed E-state index contributed by atoms with van der Waals surface area (Å²) in [7, 11) is -2.44. The standard InChI is InChI=1S/C15H14BrNO4S/c1-10-9-11(16)3-8-14(10)15(18)17-22(19,20)13-6-4-12(21-2)5-7-13/h3-9H,1-2H3,(H,17,18). The molecule has 0 saturated carbocycles. The van der Waals surface area contributed by atoms with Crippen LogP contribution in [0.4, 0.5) is 0 Å². The zero-order valence-electron chi connectivity index (χ0n) is 12.0. The minimum absolute atomic E-state index is 0.00332. The Labute approximate surface area is 137 Å². The molecule has 7 heteroatoms. The van der Waals surface area contributed by atoms with Crippen LogP contribution in [0.5, 0.6) is 5.75 Å². The number of rotatable bonds is 4. The average molecular weight is 384 g/mol. The van der Waals surface area contributed by atoms with Gasteiger partial charge in [-0.2, -0.15) is 0 Å². The molecule has 22 heavy (non-hydrogen) atoms. The van der Waals surface area contributed by atoms with Crippen molar-refractivity contribution in [2.24, 2.45) is 0 Å². The van der Waals surface area contributed by atoms with Crippen molar-refractivity contribution in [3.8, 4) is 5.75 Å². The lowest BCUT2D eigenvalue weighted by Gasteiger charge is -2.09. The lowest BCUT2D eigenvalue weighted by atomic mass is 10.1. The number of halogens is 1. The van der Waals surface area contributed by atoms with E-state index in [0.717, 1.165) is 4.47 Å². The van der Waals surface area contributed by atoms with Gasteiger partial charge in [0, 0.05) is 10.0 Å². The maximum absolute atomic E-state index is 12.2. The second kappa shape index (κ2) is 6.50. The van der Waals surface area contributed by atoms with Gasteiger partial charge in [-0.3, -0.25) is 4.79 Å². The molecular weight excluding hydrogens is 370 g/mol. The molecule has 0 aliphatic rings. The molecule has 0 bridgehead atoms. The molecule has 0 aliphatic heterocycles. The van der Waals surface area contributed by atoms with Crippen molar-refractivity contribution >= 4 is 31.9 Å². The maximum Gasteiger partial charge on any atom is 0.265 e. The first-order valence-corrected chi connectivity index (χ1v) is 8.58. The zero-order valence-corrected chi connectivity index (χ0v) is 14.4. The quantitative estimate of drug-likeness (QED) is 0.880. The highest BCUT2D eigenvalue weighted by Gasteiger charge is 2.19. The smallest absolute Gasteiger partial charge is 0.265 e. The molecule has 0 spiro atoms. The predicted octanol–water partition coefficient (Wildman–Crippen LogP) is 2.88. The predicted molar refractivity (Wildman–Crippen MR) is 86.5 cm³/mol. The van der Waals surface area contributed by atoms with Gasteiger partial charge in [0.15, 0.2) is 0 Å². The van der Waals surface area contributed by atoms with Gasteiger partial charge in [-0.25, -0.2) is 13.1 Å². The summed E-state index contributed by atoms with van der Waals surface area (Å²) in [4.78, 5) is 12.2. The van der Waals surface area contributed by atoms with Crippen molar-refractivity contribution in [1.82, 2.24) is 4.72 Å². The van der Waals surface area contributed by atoms with E-state index in [1.807, 2.05) is 0 Å². The van der Waals surface area contributed by atoms with Crippen molar-refractivity contribution < 1.29 is 17.9 Å². The minimum atomic E-state index is -3.93. The van der Waals surface area contributed by atoms with Crippen LogP contribution in [0, 0.1) is 6.92 Å². The summed E-state index contributed by atoms with van der Waals surface area (Å²) in [6.45, 7) is 1.74. The molecule has 0 aromatic heterocycles. The fourth-order valence-electron chi connectivity index (χ4n) is 1.87. The maximum atomic E-state index is 12.2. The zero-order chi connectivity index (χ0) is 16.3. The summed E-state index contributed by atoms with van der Waals surface area (Å²) in [6.07, 6.45) is 0. The van der Waals surface area contributed by atoms with Crippen molar-refractivity contribution in [3.63, 3.8) is 0 Å². The number of ether oxygens (including phenoxy) is 1. The third-order valence-electron chi connectivity index (χ3n) is 3.03. The lowest BCUT2D eigenvalue weighted by molar-refractivity contribution is 0.0981. The minimum Gasteiger partial charge on any atom is -0.497 e. The highest BCUT2D eigenvalue weighted by molar-refractivity contribution is 9.10. The second-order valence-electron chi connectivity index (χ2n) is 4.57. The Morgan fingerprint density at radius 1 is 1.14 bits per heavy atom. The van der Waals surface area contributed by atoms with Crippen LogP contribution < -0.4 is 9.46 Å².